The maximum atomic E-state index is 12.3. The summed E-state index contributed by atoms with van der Waals surface area (Å²) in [5, 5.41) is 16.3. The Morgan fingerprint density at radius 2 is 1.58 bits per heavy atom. The number of hydrogen-bond donors (Lipinski definition) is 2. The summed E-state index contributed by atoms with van der Waals surface area (Å²) < 4.78 is 25.5. The molecule has 2 amide bonds. The fourth-order valence-electron chi connectivity index (χ4n) is 2.07. The first-order chi connectivity index (χ1) is 12.5. The predicted molar refractivity (Wildman–Crippen MR) is 86.8 cm³/mol. The average molecular weight is 361 g/mol. The van der Waals surface area contributed by atoms with Crippen LogP contribution in [0.3, 0.4) is 0 Å². The summed E-state index contributed by atoms with van der Waals surface area (Å²) in [6, 6.07) is 6.51. The molecule has 2 N–H and O–H groups in total. The molecule has 3 aromatic rings. The van der Waals surface area contributed by atoms with Crippen LogP contribution in [-0.2, 0) is 16.1 Å². The molecule has 9 nitrogen and oxygen atoms in total. The molecule has 2 aromatic heterocycles. The highest BCUT2D eigenvalue weighted by atomic mass is 19.3. The van der Waals surface area contributed by atoms with Gasteiger partial charge in [-0.1, -0.05) is 0 Å². The zero-order valence-electron chi connectivity index (χ0n) is 13.2. The average Bonchev–Trinajstić information content (AvgIpc) is 3.27. The molecule has 2 heterocycles. The predicted octanol–water partition coefficient (Wildman–Crippen LogP) is 1.31. The fourth-order valence-corrected chi connectivity index (χ4v) is 2.07. The van der Waals surface area contributed by atoms with E-state index in [4.69, 9.17) is 0 Å². The molecular weight excluding hydrogens is 348 g/mol. The Bertz CT molecular complexity index is 891. The number of benzene rings is 1. The lowest BCUT2D eigenvalue weighted by molar-refractivity contribution is -0.132. The minimum Gasteiger partial charge on any atom is -0.318 e. The molecule has 3 rings (SSSR count). The molecule has 0 saturated heterocycles. The zero-order chi connectivity index (χ0) is 18.5. The Balaban J connectivity index is 1.57. The molecule has 134 valence electrons. The number of carbonyl (C=O) groups excluding carboxylic acids is 2. The number of carbonyl (C=O) groups is 2. The molecule has 0 saturated carbocycles. The van der Waals surface area contributed by atoms with Gasteiger partial charge < -0.3 is 10.6 Å². The van der Waals surface area contributed by atoms with E-state index in [0.717, 1.165) is 4.68 Å². The van der Waals surface area contributed by atoms with E-state index in [0.29, 0.717) is 11.4 Å². The molecule has 0 radical (unpaired) electrons. The Hall–Kier alpha value is -3.63. The van der Waals surface area contributed by atoms with Gasteiger partial charge in [0.1, 0.15) is 6.54 Å². The summed E-state index contributed by atoms with van der Waals surface area (Å²) in [6.07, 6.45) is 2.89. The number of rotatable bonds is 5. The van der Waals surface area contributed by atoms with Crippen LogP contribution in [0, 0.1) is 0 Å². The maximum Gasteiger partial charge on any atom is 0.314 e. The Labute approximate surface area is 145 Å². The maximum absolute atomic E-state index is 12.3. The summed E-state index contributed by atoms with van der Waals surface area (Å²) in [5.41, 5.74) is 1.23. The summed E-state index contributed by atoms with van der Waals surface area (Å²) in [6.45, 7) is -0.598. The van der Waals surface area contributed by atoms with Gasteiger partial charge in [-0.25, -0.2) is 8.78 Å². The molecule has 0 aliphatic heterocycles. The Morgan fingerprint density at radius 3 is 2.19 bits per heavy atom. The minimum absolute atomic E-state index is 0.144. The lowest BCUT2D eigenvalue weighted by Crippen LogP contribution is -2.28. The lowest BCUT2D eigenvalue weighted by atomic mass is 10.3. The van der Waals surface area contributed by atoms with E-state index in [2.05, 4.69) is 25.9 Å². The Morgan fingerprint density at radius 1 is 0.962 bits per heavy atom. The van der Waals surface area contributed by atoms with Crippen LogP contribution in [0.5, 0.6) is 0 Å². The summed E-state index contributed by atoms with van der Waals surface area (Å²) in [4.78, 5) is 25.2. The van der Waals surface area contributed by atoms with Crippen molar-refractivity contribution in [1.29, 1.82) is 0 Å². The molecule has 0 aliphatic rings. The van der Waals surface area contributed by atoms with E-state index < -0.39 is 24.8 Å². The summed E-state index contributed by atoms with van der Waals surface area (Å²) >= 11 is 0. The van der Waals surface area contributed by atoms with Gasteiger partial charge in [-0.2, -0.15) is 20.1 Å². The first-order valence-corrected chi connectivity index (χ1v) is 7.41. The van der Waals surface area contributed by atoms with E-state index in [1.54, 1.807) is 24.3 Å². The number of aromatic nitrogens is 5. The second-order valence-corrected chi connectivity index (χ2v) is 5.12. The lowest BCUT2D eigenvalue weighted by Gasteiger charge is -2.06. The Kier molecular flexibility index (Phi) is 4.97. The third kappa shape index (κ3) is 4.26. The number of alkyl halides is 2. The molecule has 1 aromatic carbocycles. The second-order valence-electron chi connectivity index (χ2n) is 5.12. The van der Waals surface area contributed by atoms with Gasteiger partial charge in [0.25, 0.3) is 6.43 Å². The van der Waals surface area contributed by atoms with Crippen molar-refractivity contribution in [3.63, 3.8) is 0 Å². The standard InChI is InChI=1S/C15H13F2N7O2/c16-13(17)9-23-8-11(7-20-23)22-15(26)14(25)21-10-1-3-12(4-2-10)24-18-5-6-19-24/h1-8,13H,9H2,(H,21,25)(H,22,26). The fraction of sp³-hybridized carbons (Fsp3) is 0.133. The smallest absolute Gasteiger partial charge is 0.314 e. The van der Waals surface area contributed by atoms with Gasteiger partial charge in [-0.05, 0) is 24.3 Å². The molecule has 0 aliphatic carbocycles. The van der Waals surface area contributed by atoms with Gasteiger partial charge >= 0.3 is 11.8 Å². The third-order valence-electron chi connectivity index (χ3n) is 3.20. The molecule has 0 atom stereocenters. The molecule has 0 fully saturated rings. The first kappa shape index (κ1) is 17.2. The molecule has 11 heteroatoms. The summed E-state index contributed by atoms with van der Waals surface area (Å²) in [5.74, 6) is -1.85. The topological polar surface area (TPSA) is 107 Å². The van der Waals surface area contributed by atoms with E-state index in [1.807, 2.05) is 0 Å². The highest BCUT2D eigenvalue weighted by molar-refractivity contribution is 6.43. The van der Waals surface area contributed by atoms with E-state index in [9.17, 15) is 18.4 Å². The number of amides is 2. The highest BCUT2D eigenvalue weighted by Crippen LogP contribution is 2.12. The van der Waals surface area contributed by atoms with Gasteiger partial charge in [0.15, 0.2) is 0 Å². The van der Waals surface area contributed by atoms with Crippen molar-refractivity contribution in [1.82, 2.24) is 24.8 Å². The minimum atomic E-state index is -2.57. The molecule has 0 unspecified atom stereocenters. The number of halogens is 2. The van der Waals surface area contributed by atoms with E-state index in [1.165, 1.54) is 29.6 Å². The molecular formula is C15H13F2N7O2. The monoisotopic (exact) mass is 361 g/mol. The van der Waals surface area contributed by atoms with Crippen molar-refractivity contribution in [3.05, 3.63) is 49.1 Å². The van der Waals surface area contributed by atoms with E-state index in [-0.39, 0.29) is 5.69 Å². The van der Waals surface area contributed by atoms with Crippen molar-refractivity contribution < 1.29 is 18.4 Å². The normalized spacial score (nSPS) is 10.7. The third-order valence-corrected chi connectivity index (χ3v) is 3.20. The van der Waals surface area contributed by atoms with Crippen molar-refractivity contribution in [2.45, 2.75) is 13.0 Å². The van der Waals surface area contributed by atoms with Gasteiger partial charge in [-0.15, -0.1) is 0 Å². The van der Waals surface area contributed by atoms with Crippen LogP contribution in [0.25, 0.3) is 5.69 Å². The van der Waals surface area contributed by atoms with Crippen molar-refractivity contribution in [2.75, 3.05) is 10.6 Å². The van der Waals surface area contributed by atoms with Crippen molar-refractivity contribution >= 4 is 23.2 Å². The van der Waals surface area contributed by atoms with Crippen LogP contribution in [0.1, 0.15) is 0 Å². The van der Waals surface area contributed by atoms with Crippen LogP contribution in [0.2, 0.25) is 0 Å². The first-order valence-electron chi connectivity index (χ1n) is 7.41. The SMILES string of the molecule is O=C(Nc1ccc(-n2nccn2)cc1)C(=O)Nc1cnn(CC(F)F)c1. The van der Waals surface area contributed by atoms with Gasteiger partial charge in [0.05, 0.1) is 30.0 Å². The van der Waals surface area contributed by atoms with Crippen LogP contribution >= 0.6 is 0 Å². The van der Waals surface area contributed by atoms with Crippen molar-refractivity contribution in [2.24, 2.45) is 0 Å². The highest BCUT2D eigenvalue weighted by Gasteiger charge is 2.15. The number of nitrogens with one attached hydrogen (secondary N) is 2. The quantitative estimate of drug-likeness (QED) is 0.667. The largest absolute Gasteiger partial charge is 0.318 e. The van der Waals surface area contributed by atoms with Gasteiger partial charge in [0.2, 0.25) is 0 Å². The number of anilines is 2. The molecule has 0 spiro atoms. The zero-order valence-corrected chi connectivity index (χ0v) is 13.2. The van der Waals surface area contributed by atoms with Crippen molar-refractivity contribution in [3.8, 4) is 5.69 Å². The number of hydrogen-bond acceptors (Lipinski definition) is 5. The van der Waals surface area contributed by atoms with Gasteiger partial charge in [0, 0.05) is 11.9 Å². The van der Waals surface area contributed by atoms with Crippen LogP contribution in [-0.4, -0.2) is 43.0 Å². The molecule has 0 bridgehead atoms. The number of nitrogens with zero attached hydrogens (tertiary/aromatic N) is 5. The second kappa shape index (κ2) is 7.51. The summed E-state index contributed by atoms with van der Waals surface area (Å²) in [7, 11) is 0. The van der Waals surface area contributed by atoms with Crippen LogP contribution < -0.4 is 10.6 Å². The molecule has 26 heavy (non-hydrogen) atoms. The van der Waals surface area contributed by atoms with Gasteiger partial charge in [-0.3, -0.25) is 14.3 Å². The van der Waals surface area contributed by atoms with Crippen LogP contribution in [0.15, 0.2) is 49.1 Å². The van der Waals surface area contributed by atoms with Crippen LogP contribution in [0.4, 0.5) is 20.2 Å². The van der Waals surface area contributed by atoms with E-state index >= 15 is 0 Å².